The lowest BCUT2D eigenvalue weighted by Gasteiger charge is -2.14. The number of carboxylic acid groups (broad SMARTS) is 1. The monoisotopic (exact) mass is 295 g/mol. The van der Waals surface area contributed by atoms with Gasteiger partial charge in [-0.15, -0.1) is 0 Å². The smallest absolute Gasteiger partial charge is 0.320 e. The number of hydrogen-bond donors (Lipinski definition) is 2. The number of rotatable bonds is 10. The van der Waals surface area contributed by atoms with Crippen LogP contribution in [0.15, 0.2) is 36.9 Å². The van der Waals surface area contributed by atoms with Gasteiger partial charge in [0.25, 0.3) is 0 Å². The predicted molar refractivity (Wildman–Crippen MR) is 83.4 cm³/mol. The van der Waals surface area contributed by atoms with Crippen molar-refractivity contribution in [2.75, 3.05) is 18.6 Å². The number of hydrogen-bond acceptors (Lipinski definition) is 4. The summed E-state index contributed by atoms with van der Waals surface area (Å²) in [7, 11) is 0. The summed E-state index contributed by atoms with van der Waals surface area (Å²) in [5, 5.41) is 12.2. The summed E-state index contributed by atoms with van der Waals surface area (Å²) in [6.45, 7) is 4.61. The van der Waals surface area contributed by atoms with E-state index < -0.39 is 12.0 Å². The molecule has 1 rings (SSSR count). The van der Waals surface area contributed by atoms with Crippen LogP contribution < -0.4 is 10.1 Å². The van der Waals surface area contributed by atoms with Crippen molar-refractivity contribution in [3.63, 3.8) is 0 Å². The lowest BCUT2D eigenvalue weighted by atomic mass is 10.2. The Labute approximate surface area is 124 Å². The van der Waals surface area contributed by atoms with Crippen LogP contribution in [0.3, 0.4) is 0 Å². The normalized spacial score (nSPS) is 11.8. The second-order valence-corrected chi connectivity index (χ2v) is 5.28. The highest BCUT2D eigenvalue weighted by Gasteiger charge is 2.15. The molecule has 5 heteroatoms. The molecule has 2 N–H and O–H groups in total. The first-order chi connectivity index (χ1) is 9.67. The van der Waals surface area contributed by atoms with Crippen molar-refractivity contribution in [1.82, 2.24) is 5.32 Å². The highest BCUT2D eigenvalue weighted by atomic mass is 32.2. The lowest BCUT2D eigenvalue weighted by Crippen LogP contribution is -2.36. The maximum atomic E-state index is 11.1. The topological polar surface area (TPSA) is 58.6 Å². The molecular weight excluding hydrogens is 274 g/mol. The number of ether oxygens (including phenoxy) is 1. The Morgan fingerprint density at radius 3 is 2.75 bits per heavy atom. The van der Waals surface area contributed by atoms with E-state index in [0.29, 0.717) is 19.6 Å². The summed E-state index contributed by atoms with van der Waals surface area (Å²) in [5.74, 6) is 0.814. The number of nitrogens with one attached hydrogen (secondary N) is 1. The molecule has 0 bridgehead atoms. The minimum Gasteiger partial charge on any atom is -0.490 e. The van der Waals surface area contributed by atoms with E-state index >= 15 is 0 Å². The van der Waals surface area contributed by atoms with E-state index in [9.17, 15) is 4.79 Å². The van der Waals surface area contributed by atoms with E-state index in [0.717, 1.165) is 17.1 Å². The van der Waals surface area contributed by atoms with E-state index in [1.165, 1.54) is 0 Å². The van der Waals surface area contributed by atoms with Crippen LogP contribution in [0, 0.1) is 0 Å². The van der Waals surface area contributed by atoms with Crippen molar-refractivity contribution in [1.29, 1.82) is 0 Å². The zero-order valence-corrected chi connectivity index (χ0v) is 12.5. The number of thioether (sulfide) groups is 1. The highest BCUT2D eigenvalue weighted by molar-refractivity contribution is 7.98. The Morgan fingerprint density at radius 2 is 2.20 bits per heavy atom. The van der Waals surface area contributed by atoms with E-state index in [2.05, 4.69) is 11.9 Å². The highest BCUT2D eigenvalue weighted by Crippen LogP contribution is 2.12. The molecule has 0 saturated carbocycles. The number of carbonyl (C=O) groups is 1. The van der Waals surface area contributed by atoms with Crippen LogP contribution in [0.5, 0.6) is 5.75 Å². The molecule has 0 amide bonds. The molecule has 20 heavy (non-hydrogen) atoms. The van der Waals surface area contributed by atoms with Crippen LogP contribution in [0.4, 0.5) is 0 Å². The van der Waals surface area contributed by atoms with Gasteiger partial charge in [-0.1, -0.05) is 24.8 Å². The van der Waals surface area contributed by atoms with Gasteiger partial charge in [0.2, 0.25) is 0 Å². The Hall–Kier alpha value is -1.46. The van der Waals surface area contributed by atoms with Crippen LogP contribution in [0.1, 0.15) is 12.0 Å². The fourth-order valence-electron chi connectivity index (χ4n) is 1.65. The van der Waals surface area contributed by atoms with E-state index in [1.807, 2.05) is 30.5 Å². The zero-order chi connectivity index (χ0) is 14.8. The summed E-state index contributed by atoms with van der Waals surface area (Å²) in [6.07, 6.45) is 4.29. The zero-order valence-electron chi connectivity index (χ0n) is 11.7. The second-order valence-electron chi connectivity index (χ2n) is 4.30. The van der Waals surface area contributed by atoms with Crippen molar-refractivity contribution in [2.24, 2.45) is 0 Å². The molecule has 0 fully saturated rings. The van der Waals surface area contributed by atoms with Crippen molar-refractivity contribution in [3.8, 4) is 5.75 Å². The molecule has 4 nitrogen and oxygen atoms in total. The van der Waals surface area contributed by atoms with Gasteiger partial charge < -0.3 is 15.2 Å². The molecule has 110 valence electrons. The molecule has 0 aliphatic carbocycles. The predicted octanol–water partition coefficient (Wildman–Crippen LogP) is 2.55. The van der Waals surface area contributed by atoms with Crippen molar-refractivity contribution < 1.29 is 14.6 Å². The number of carboxylic acids is 1. The lowest BCUT2D eigenvalue weighted by molar-refractivity contribution is -0.139. The number of benzene rings is 1. The molecule has 0 spiro atoms. The van der Waals surface area contributed by atoms with Crippen molar-refractivity contribution in [3.05, 3.63) is 42.5 Å². The maximum Gasteiger partial charge on any atom is 0.320 e. The largest absolute Gasteiger partial charge is 0.490 e. The first-order valence-electron chi connectivity index (χ1n) is 6.45. The van der Waals surface area contributed by atoms with Crippen LogP contribution in [0.25, 0.3) is 0 Å². The molecule has 0 aliphatic heterocycles. The molecule has 1 atom stereocenters. The minimum atomic E-state index is -0.801. The summed E-state index contributed by atoms with van der Waals surface area (Å²) in [4.78, 5) is 11.1. The Balaban J connectivity index is 2.46. The third kappa shape index (κ3) is 6.12. The first kappa shape index (κ1) is 16.6. The van der Waals surface area contributed by atoms with Crippen LogP contribution in [-0.2, 0) is 11.3 Å². The van der Waals surface area contributed by atoms with Gasteiger partial charge in [-0.2, -0.15) is 11.8 Å². The van der Waals surface area contributed by atoms with E-state index in [1.54, 1.807) is 17.8 Å². The Kier molecular flexibility index (Phi) is 7.84. The fourth-order valence-corrected chi connectivity index (χ4v) is 2.12. The summed E-state index contributed by atoms with van der Waals surface area (Å²) in [6, 6.07) is 7.10. The van der Waals surface area contributed by atoms with E-state index in [-0.39, 0.29) is 0 Å². The number of aliphatic carboxylic acids is 1. The molecule has 0 radical (unpaired) electrons. The average Bonchev–Trinajstić information content (AvgIpc) is 2.46. The maximum absolute atomic E-state index is 11.1. The van der Waals surface area contributed by atoms with E-state index in [4.69, 9.17) is 9.84 Å². The molecule has 0 heterocycles. The van der Waals surface area contributed by atoms with Gasteiger partial charge >= 0.3 is 5.97 Å². The van der Waals surface area contributed by atoms with Gasteiger partial charge in [0.15, 0.2) is 0 Å². The van der Waals surface area contributed by atoms with Crippen molar-refractivity contribution >= 4 is 17.7 Å². The second kappa shape index (κ2) is 9.44. The quantitative estimate of drug-likeness (QED) is 0.650. The SMILES string of the molecule is C=CCOc1ccc(CN[C@H](CCSC)C(=O)O)cc1. The van der Waals surface area contributed by atoms with Crippen molar-refractivity contribution in [2.45, 2.75) is 19.0 Å². The van der Waals surface area contributed by atoms with Crippen LogP contribution in [-0.4, -0.2) is 35.7 Å². The standard InChI is InChI=1S/C15H21NO3S/c1-3-9-19-13-6-4-12(5-7-13)11-16-14(15(17)18)8-10-20-2/h3-7,14,16H,1,8-11H2,2H3,(H,17,18)/t14-/m1/s1. The average molecular weight is 295 g/mol. The van der Waals surface area contributed by atoms with Gasteiger partial charge in [0, 0.05) is 6.54 Å². The third-order valence-corrected chi connectivity index (χ3v) is 3.40. The molecule has 1 aromatic carbocycles. The van der Waals surface area contributed by atoms with Gasteiger partial charge in [-0.05, 0) is 36.1 Å². The molecular formula is C15H21NO3S. The van der Waals surface area contributed by atoms with Crippen LogP contribution >= 0.6 is 11.8 Å². The van der Waals surface area contributed by atoms with Gasteiger partial charge in [0.05, 0.1) is 0 Å². The molecule has 1 aromatic rings. The minimum absolute atomic E-state index is 0.480. The molecule has 0 aromatic heterocycles. The fraction of sp³-hybridized carbons (Fsp3) is 0.400. The summed E-state index contributed by atoms with van der Waals surface area (Å²) < 4.78 is 5.39. The Morgan fingerprint density at radius 1 is 1.50 bits per heavy atom. The van der Waals surface area contributed by atoms with Gasteiger partial charge in [0.1, 0.15) is 18.4 Å². The summed E-state index contributed by atoms with van der Waals surface area (Å²) >= 11 is 1.65. The first-order valence-corrected chi connectivity index (χ1v) is 7.84. The summed E-state index contributed by atoms with van der Waals surface area (Å²) in [5.41, 5.74) is 1.03. The molecule has 0 unspecified atom stereocenters. The Bertz CT molecular complexity index is 420. The van der Waals surface area contributed by atoms with Crippen LogP contribution in [0.2, 0.25) is 0 Å². The molecule has 0 saturated heterocycles. The third-order valence-electron chi connectivity index (χ3n) is 2.75. The van der Waals surface area contributed by atoms with Gasteiger partial charge in [-0.3, -0.25) is 4.79 Å². The van der Waals surface area contributed by atoms with Gasteiger partial charge in [-0.25, -0.2) is 0 Å². The molecule has 0 aliphatic rings.